The van der Waals surface area contributed by atoms with E-state index in [9.17, 15) is 9.00 Å². The van der Waals surface area contributed by atoms with Crippen molar-refractivity contribution in [2.45, 2.75) is 13.5 Å². The van der Waals surface area contributed by atoms with Crippen molar-refractivity contribution in [1.29, 1.82) is 0 Å². The van der Waals surface area contributed by atoms with E-state index < -0.39 is 15.7 Å². The van der Waals surface area contributed by atoms with E-state index in [1.807, 2.05) is 30.3 Å². The first-order chi connectivity index (χ1) is 10.4. The fraction of sp³-hybridized carbons (Fsp3) is 0.235. The number of benzene rings is 2. The van der Waals surface area contributed by atoms with Crippen LogP contribution in [0.1, 0.15) is 21.5 Å². The van der Waals surface area contributed by atoms with Gasteiger partial charge in [0.15, 0.2) is 0 Å². The molecule has 4 nitrogen and oxygen atoms in total. The van der Waals surface area contributed by atoms with Gasteiger partial charge in [-0.1, -0.05) is 36.4 Å². The van der Waals surface area contributed by atoms with Crippen LogP contribution in [-0.2, 0) is 21.1 Å². The Labute approximate surface area is 131 Å². The van der Waals surface area contributed by atoms with Crippen molar-refractivity contribution in [3.63, 3.8) is 0 Å². The Bertz CT molecular complexity index is 783. The average molecular weight is 317 g/mol. The molecule has 116 valence electrons. The molecule has 0 atom stereocenters. The Hall–Kier alpha value is -2.14. The van der Waals surface area contributed by atoms with E-state index in [1.165, 1.54) is 0 Å². The van der Waals surface area contributed by atoms with Crippen LogP contribution < -0.4 is 0 Å². The molecule has 0 aliphatic heterocycles. The van der Waals surface area contributed by atoms with Crippen molar-refractivity contribution in [2.24, 2.45) is 4.36 Å². The third kappa shape index (κ3) is 4.43. The molecular weight excluding hydrogens is 298 g/mol. The summed E-state index contributed by atoms with van der Waals surface area (Å²) in [6.45, 7) is 2.00. The first-order valence-electron chi connectivity index (χ1n) is 6.84. The van der Waals surface area contributed by atoms with E-state index in [0.29, 0.717) is 16.8 Å². The largest absolute Gasteiger partial charge is 0.457 e. The second kappa shape index (κ2) is 6.75. The number of carbonyl (C=O) groups excluding carboxylic acids is 1. The van der Waals surface area contributed by atoms with Gasteiger partial charge in [0.25, 0.3) is 0 Å². The van der Waals surface area contributed by atoms with Crippen LogP contribution >= 0.6 is 0 Å². The summed E-state index contributed by atoms with van der Waals surface area (Å²) in [5.74, 6) is -0.405. The zero-order valence-corrected chi connectivity index (χ0v) is 13.7. The van der Waals surface area contributed by atoms with Gasteiger partial charge in [-0.3, -0.25) is 0 Å². The molecule has 2 aromatic carbocycles. The van der Waals surface area contributed by atoms with Gasteiger partial charge in [0.1, 0.15) is 6.61 Å². The van der Waals surface area contributed by atoms with Crippen molar-refractivity contribution < 1.29 is 13.7 Å². The maximum Gasteiger partial charge on any atom is 0.338 e. The number of rotatable bonds is 4. The summed E-state index contributed by atoms with van der Waals surface area (Å²) in [6.07, 6.45) is 3.12. The highest BCUT2D eigenvalue weighted by Gasteiger charge is 2.13. The minimum atomic E-state index is -2.27. The van der Waals surface area contributed by atoms with E-state index >= 15 is 0 Å². The summed E-state index contributed by atoms with van der Waals surface area (Å²) < 4.78 is 21.3. The predicted octanol–water partition coefficient (Wildman–Crippen LogP) is 3.71. The topological polar surface area (TPSA) is 55.7 Å². The monoisotopic (exact) mass is 317 g/mol. The van der Waals surface area contributed by atoms with E-state index in [2.05, 4.69) is 4.36 Å². The molecular formula is C17H19NO3S. The van der Waals surface area contributed by atoms with Gasteiger partial charge in [-0.2, -0.15) is 4.36 Å². The summed E-state index contributed by atoms with van der Waals surface area (Å²) in [4.78, 5) is 12.2. The fourth-order valence-electron chi connectivity index (χ4n) is 1.98. The van der Waals surface area contributed by atoms with E-state index in [1.54, 1.807) is 37.6 Å². The minimum absolute atomic E-state index is 0.221. The highest BCUT2D eigenvalue weighted by atomic mass is 32.2. The zero-order chi connectivity index (χ0) is 16.2. The van der Waals surface area contributed by atoms with Crippen LogP contribution in [0.4, 0.5) is 5.69 Å². The lowest BCUT2D eigenvalue weighted by Gasteiger charge is -2.09. The van der Waals surface area contributed by atoms with Gasteiger partial charge in [-0.05, 0) is 30.2 Å². The Morgan fingerprint density at radius 1 is 1.09 bits per heavy atom. The number of ether oxygens (including phenoxy) is 1. The van der Waals surface area contributed by atoms with Crippen molar-refractivity contribution >= 4 is 21.4 Å². The average Bonchev–Trinajstić information content (AvgIpc) is 2.47. The van der Waals surface area contributed by atoms with Gasteiger partial charge in [0.05, 0.1) is 11.3 Å². The molecule has 2 aromatic rings. The molecule has 0 saturated carbocycles. The second-order valence-electron chi connectivity index (χ2n) is 5.28. The molecule has 0 heterocycles. The van der Waals surface area contributed by atoms with Crippen molar-refractivity contribution in [3.05, 3.63) is 65.2 Å². The number of hydrogen-bond acceptors (Lipinski definition) is 4. The number of hydrogen-bond donors (Lipinski definition) is 0. The molecule has 0 aromatic heterocycles. The molecule has 0 saturated heterocycles. The lowest BCUT2D eigenvalue weighted by Crippen LogP contribution is -2.07. The van der Waals surface area contributed by atoms with Gasteiger partial charge in [-0.15, -0.1) is 0 Å². The van der Waals surface area contributed by atoms with Crippen LogP contribution in [0.25, 0.3) is 0 Å². The standard InChI is InChI=1S/C17H19NO3S/c1-13-15(10-7-11-16(13)18-22(2,3)20)17(19)21-12-14-8-5-4-6-9-14/h4-11H,12H2,1-3H3. The van der Waals surface area contributed by atoms with Crippen LogP contribution in [0.15, 0.2) is 52.9 Å². The molecule has 0 radical (unpaired) electrons. The Morgan fingerprint density at radius 2 is 1.77 bits per heavy atom. The van der Waals surface area contributed by atoms with Gasteiger partial charge in [-0.25, -0.2) is 9.00 Å². The molecule has 0 N–H and O–H groups in total. The van der Waals surface area contributed by atoms with Crippen LogP contribution in [0.3, 0.4) is 0 Å². The molecule has 0 aliphatic carbocycles. The van der Waals surface area contributed by atoms with Crippen molar-refractivity contribution in [2.75, 3.05) is 12.5 Å². The Kier molecular flexibility index (Phi) is 4.98. The molecule has 22 heavy (non-hydrogen) atoms. The van der Waals surface area contributed by atoms with Gasteiger partial charge < -0.3 is 4.74 Å². The molecule has 0 unspecified atom stereocenters. The van der Waals surface area contributed by atoms with Crippen molar-refractivity contribution in [1.82, 2.24) is 0 Å². The van der Waals surface area contributed by atoms with Crippen LogP contribution in [0, 0.1) is 6.92 Å². The number of carbonyl (C=O) groups is 1. The molecule has 5 heteroatoms. The predicted molar refractivity (Wildman–Crippen MR) is 88.8 cm³/mol. The maximum atomic E-state index is 12.2. The summed E-state index contributed by atoms with van der Waals surface area (Å²) in [6, 6.07) is 14.7. The summed E-state index contributed by atoms with van der Waals surface area (Å²) in [5, 5.41) is 0. The molecule has 0 spiro atoms. The third-order valence-corrected chi connectivity index (χ3v) is 3.69. The number of nitrogens with zero attached hydrogens (tertiary/aromatic N) is 1. The van der Waals surface area contributed by atoms with Crippen LogP contribution in [0.5, 0.6) is 0 Å². The molecule has 0 bridgehead atoms. The lowest BCUT2D eigenvalue weighted by atomic mass is 10.1. The normalized spacial score (nSPS) is 11.0. The Morgan fingerprint density at radius 3 is 2.41 bits per heavy atom. The summed E-state index contributed by atoms with van der Waals surface area (Å²) >= 11 is 0. The fourth-order valence-corrected chi connectivity index (χ4v) is 2.65. The first kappa shape index (κ1) is 16.2. The highest BCUT2D eigenvalue weighted by molar-refractivity contribution is 7.92. The lowest BCUT2D eigenvalue weighted by molar-refractivity contribution is 0.0472. The summed E-state index contributed by atoms with van der Waals surface area (Å²) in [7, 11) is -2.27. The third-order valence-electron chi connectivity index (χ3n) is 3.06. The van der Waals surface area contributed by atoms with Crippen LogP contribution in [0.2, 0.25) is 0 Å². The van der Waals surface area contributed by atoms with E-state index in [4.69, 9.17) is 4.74 Å². The SMILES string of the molecule is Cc1c(N=S(C)(C)=O)cccc1C(=O)OCc1ccccc1. The molecule has 2 rings (SSSR count). The van der Waals surface area contributed by atoms with Gasteiger partial charge in [0, 0.05) is 22.2 Å². The van der Waals surface area contributed by atoms with Gasteiger partial charge in [0.2, 0.25) is 0 Å². The Balaban J connectivity index is 2.20. The molecule has 0 fully saturated rings. The van der Waals surface area contributed by atoms with Crippen LogP contribution in [-0.4, -0.2) is 22.7 Å². The quantitative estimate of drug-likeness (QED) is 0.808. The molecule has 0 amide bonds. The minimum Gasteiger partial charge on any atom is -0.457 e. The smallest absolute Gasteiger partial charge is 0.338 e. The number of esters is 1. The zero-order valence-electron chi connectivity index (χ0n) is 12.9. The van der Waals surface area contributed by atoms with Crippen molar-refractivity contribution in [3.8, 4) is 0 Å². The first-order valence-corrected chi connectivity index (χ1v) is 9.18. The maximum absolute atomic E-state index is 12.2. The van der Waals surface area contributed by atoms with Gasteiger partial charge >= 0.3 is 5.97 Å². The van der Waals surface area contributed by atoms with E-state index in [-0.39, 0.29) is 6.61 Å². The second-order valence-corrected chi connectivity index (χ2v) is 7.83. The highest BCUT2D eigenvalue weighted by Crippen LogP contribution is 2.24. The molecule has 0 aliphatic rings. The van der Waals surface area contributed by atoms with E-state index in [0.717, 1.165) is 5.56 Å². The summed E-state index contributed by atoms with van der Waals surface area (Å²) in [5.41, 5.74) is 2.61.